The average Bonchev–Trinajstić information content (AvgIpc) is 3.01. The third kappa shape index (κ3) is 7.37. The van der Waals surface area contributed by atoms with Crippen LogP contribution in [0.4, 0.5) is 0 Å². The number of carbonyl (C=O) groups is 5. The van der Waals surface area contributed by atoms with E-state index in [2.05, 4.69) is 6.07 Å². The molecule has 1 aromatic heterocycles. The van der Waals surface area contributed by atoms with Crippen molar-refractivity contribution in [2.45, 2.75) is 72.2 Å². The predicted octanol–water partition coefficient (Wildman–Crippen LogP) is 4.65. The highest BCUT2D eigenvalue weighted by Gasteiger charge is 2.53. The molecule has 4 rings (SSSR count). The van der Waals surface area contributed by atoms with Gasteiger partial charge in [-0.05, 0) is 30.2 Å². The Labute approximate surface area is 281 Å². The summed E-state index contributed by atoms with van der Waals surface area (Å²) in [5, 5.41) is 12.2. The highest BCUT2D eigenvalue weighted by atomic mass is 32.1. The number of hydrogen-bond acceptors (Lipinski definition) is 13. The number of pyridine rings is 1. The summed E-state index contributed by atoms with van der Waals surface area (Å²) in [6.45, 7) is 7.17. The van der Waals surface area contributed by atoms with Gasteiger partial charge in [-0.1, -0.05) is 54.7 Å². The molecule has 0 unspecified atom stereocenters. The van der Waals surface area contributed by atoms with Crippen molar-refractivity contribution in [3.63, 3.8) is 0 Å². The molecule has 48 heavy (non-hydrogen) atoms. The standard InChI is InChI=1S/C34H34N2O11S/c1-7-42-34(41)27-17(2)36(33(48)25(15-35)28(27)24-14-10-12-22-11-8-9-13-23(22)24)32-31(46-21(6)40)30(45-20(5)39)29(44-19(4)38)26(47-32)16-43-18(3)37/h8-14,26,29-32H,7,16H2,1-6H3/t26-,29+,30+,31-,32+/m0/s1. The van der Waals surface area contributed by atoms with E-state index in [1.807, 2.05) is 30.3 Å². The molecule has 2 heterocycles. The largest absolute Gasteiger partial charge is 0.463 e. The lowest BCUT2D eigenvalue weighted by Crippen LogP contribution is -2.60. The molecule has 14 heteroatoms. The predicted molar refractivity (Wildman–Crippen MR) is 171 cm³/mol. The number of nitriles is 1. The van der Waals surface area contributed by atoms with E-state index in [1.54, 1.807) is 26.0 Å². The highest BCUT2D eigenvalue weighted by molar-refractivity contribution is 7.71. The first-order valence-electron chi connectivity index (χ1n) is 15.0. The molecule has 0 amide bonds. The van der Waals surface area contributed by atoms with Crippen molar-refractivity contribution in [3.05, 3.63) is 63.9 Å². The maximum absolute atomic E-state index is 13.8. The van der Waals surface area contributed by atoms with Crippen LogP contribution >= 0.6 is 12.2 Å². The van der Waals surface area contributed by atoms with E-state index in [9.17, 15) is 29.2 Å². The van der Waals surface area contributed by atoms with Crippen LogP contribution in [-0.2, 0) is 47.6 Å². The van der Waals surface area contributed by atoms with Crippen LogP contribution in [0.5, 0.6) is 0 Å². The zero-order valence-electron chi connectivity index (χ0n) is 27.1. The Kier molecular flexibility index (Phi) is 11.3. The summed E-state index contributed by atoms with van der Waals surface area (Å²) < 4.78 is 34.9. The van der Waals surface area contributed by atoms with Crippen LogP contribution in [0, 0.1) is 22.9 Å². The monoisotopic (exact) mass is 678 g/mol. The van der Waals surface area contributed by atoms with Crippen LogP contribution in [0.15, 0.2) is 42.5 Å². The summed E-state index contributed by atoms with van der Waals surface area (Å²) in [6, 6.07) is 15.0. The minimum atomic E-state index is -1.54. The highest BCUT2D eigenvalue weighted by Crippen LogP contribution is 2.41. The van der Waals surface area contributed by atoms with Crippen LogP contribution in [0.2, 0.25) is 0 Å². The van der Waals surface area contributed by atoms with Gasteiger partial charge in [0, 0.05) is 39.0 Å². The van der Waals surface area contributed by atoms with Gasteiger partial charge in [-0.25, -0.2) is 4.79 Å². The minimum Gasteiger partial charge on any atom is -0.463 e. The van der Waals surface area contributed by atoms with Gasteiger partial charge in [0.15, 0.2) is 24.5 Å². The van der Waals surface area contributed by atoms with E-state index < -0.39 is 67.1 Å². The summed E-state index contributed by atoms with van der Waals surface area (Å²) in [5.41, 5.74) is 0.795. The Bertz CT molecular complexity index is 1870. The Morgan fingerprint density at radius 1 is 0.854 bits per heavy atom. The fraction of sp³-hybridized carbons (Fsp3) is 0.382. The first kappa shape index (κ1) is 35.7. The van der Waals surface area contributed by atoms with E-state index in [0.717, 1.165) is 38.5 Å². The molecule has 5 atom stereocenters. The van der Waals surface area contributed by atoms with Gasteiger partial charge in [0.25, 0.3) is 0 Å². The molecule has 0 aliphatic carbocycles. The molecular formula is C34H34N2O11S. The molecule has 0 spiro atoms. The van der Waals surface area contributed by atoms with Crippen LogP contribution in [0.25, 0.3) is 21.9 Å². The molecule has 13 nitrogen and oxygen atoms in total. The van der Waals surface area contributed by atoms with E-state index in [1.165, 1.54) is 4.57 Å². The van der Waals surface area contributed by atoms with Crippen LogP contribution in [-0.4, -0.2) is 72.0 Å². The van der Waals surface area contributed by atoms with Gasteiger partial charge in [0.1, 0.15) is 23.4 Å². The third-order valence-electron chi connectivity index (χ3n) is 7.53. The fourth-order valence-electron chi connectivity index (χ4n) is 5.80. The molecule has 0 saturated carbocycles. The third-order valence-corrected chi connectivity index (χ3v) is 7.93. The number of fused-ring (bicyclic) bond motifs is 1. The fourth-order valence-corrected chi connectivity index (χ4v) is 6.18. The van der Waals surface area contributed by atoms with E-state index in [-0.39, 0.29) is 33.6 Å². The number of hydrogen-bond donors (Lipinski definition) is 0. The molecular weight excluding hydrogens is 644 g/mol. The van der Waals surface area contributed by atoms with Gasteiger partial charge >= 0.3 is 29.8 Å². The quantitative estimate of drug-likeness (QED) is 0.174. The van der Waals surface area contributed by atoms with Crippen molar-refractivity contribution in [1.82, 2.24) is 4.57 Å². The van der Waals surface area contributed by atoms with Crippen molar-refractivity contribution < 1.29 is 52.4 Å². The van der Waals surface area contributed by atoms with Crippen LogP contribution in [0.3, 0.4) is 0 Å². The molecule has 3 aromatic rings. The normalized spacial score (nSPS) is 20.2. The summed E-state index contributed by atoms with van der Waals surface area (Å²) >= 11 is 5.91. The molecule has 1 aliphatic rings. The van der Waals surface area contributed by atoms with E-state index in [4.69, 9.17) is 40.6 Å². The second-order valence-electron chi connectivity index (χ2n) is 10.8. The number of nitrogens with zero attached hydrogens (tertiary/aromatic N) is 2. The summed E-state index contributed by atoms with van der Waals surface area (Å²) in [4.78, 5) is 62.7. The van der Waals surface area contributed by atoms with Crippen LogP contribution in [0.1, 0.15) is 62.5 Å². The summed E-state index contributed by atoms with van der Waals surface area (Å²) in [5.74, 6) is -3.90. The van der Waals surface area contributed by atoms with Gasteiger partial charge in [-0.2, -0.15) is 5.26 Å². The average molecular weight is 679 g/mol. The Balaban J connectivity index is 2.09. The zero-order chi connectivity index (χ0) is 35.3. The van der Waals surface area contributed by atoms with Crippen molar-refractivity contribution in [3.8, 4) is 17.2 Å². The molecule has 252 valence electrons. The number of carbonyl (C=O) groups excluding carboxylic acids is 5. The Morgan fingerprint density at radius 2 is 1.46 bits per heavy atom. The lowest BCUT2D eigenvalue weighted by molar-refractivity contribution is -0.269. The smallest absolute Gasteiger partial charge is 0.340 e. The van der Waals surface area contributed by atoms with Crippen molar-refractivity contribution in [2.24, 2.45) is 0 Å². The Hall–Kier alpha value is -5.13. The second kappa shape index (κ2) is 15.2. The number of benzene rings is 2. The number of esters is 5. The maximum Gasteiger partial charge on any atom is 0.340 e. The molecule has 0 N–H and O–H groups in total. The van der Waals surface area contributed by atoms with Gasteiger partial charge in [0.05, 0.1) is 17.7 Å². The molecule has 0 bridgehead atoms. The summed E-state index contributed by atoms with van der Waals surface area (Å²) in [7, 11) is 0. The Morgan fingerprint density at radius 3 is 2.06 bits per heavy atom. The summed E-state index contributed by atoms with van der Waals surface area (Å²) in [6.07, 6.45) is -7.27. The number of aromatic nitrogens is 1. The lowest BCUT2D eigenvalue weighted by Gasteiger charge is -2.45. The zero-order valence-corrected chi connectivity index (χ0v) is 28.0. The van der Waals surface area contributed by atoms with Gasteiger partial charge in [-0.15, -0.1) is 0 Å². The van der Waals surface area contributed by atoms with E-state index >= 15 is 0 Å². The minimum absolute atomic E-state index is 0.00379. The molecule has 1 aliphatic heterocycles. The van der Waals surface area contributed by atoms with Crippen molar-refractivity contribution >= 4 is 52.8 Å². The van der Waals surface area contributed by atoms with Crippen LogP contribution < -0.4 is 0 Å². The number of rotatable bonds is 9. The molecule has 1 saturated heterocycles. The lowest BCUT2D eigenvalue weighted by atomic mass is 9.90. The number of ether oxygens (including phenoxy) is 6. The SMILES string of the molecule is CCOC(=O)c1c(-c2cccc3ccccc23)c(C#N)c(=S)n([C@@H]2O[C@@H](COC(C)=O)[C@@H](OC(C)=O)[C@@H](OC(C)=O)[C@@H]2OC(C)=O)c1C. The maximum atomic E-state index is 13.8. The van der Waals surface area contributed by atoms with E-state index in [0.29, 0.717) is 5.56 Å². The topological polar surface area (TPSA) is 169 Å². The van der Waals surface area contributed by atoms with Crippen molar-refractivity contribution in [1.29, 1.82) is 5.26 Å². The van der Waals surface area contributed by atoms with Gasteiger partial charge in [-0.3, -0.25) is 19.2 Å². The van der Waals surface area contributed by atoms with Crippen molar-refractivity contribution in [2.75, 3.05) is 13.2 Å². The molecule has 2 aromatic carbocycles. The molecule has 0 radical (unpaired) electrons. The first-order valence-corrected chi connectivity index (χ1v) is 15.4. The van der Waals surface area contributed by atoms with Gasteiger partial charge in [0.2, 0.25) is 0 Å². The van der Waals surface area contributed by atoms with Gasteiger partial charge < -0.3 is 33.0 Å². The molecule has 1 fully saturated rings. The first-order chi connectivity index (χ1) is 22.8. The second-order valence-corrected chi connectivity index (χ2v) is 11.2.